The molecule has 1 aliphatic rings. The van der Waals surface area contributed by atoms with Gasteiger partial charge in [-0.3, -0.25) is 19.2 Å². The Morgan fingerprint density at radius 3 is 1.93 bits per heavy atom. The predicted molar refractivity (Wildman–Crippen MR) is 153 cm³/mol. The number of benzene rings is 3. The molecule has 10 heteroatoms. The van der Waals surface area contributed by atoms with E-state index in [9.17, 15) is 32.3 Å². The van der Waals surface area contributed by atoms with E-state index >= 15 is 0 Å². The van der Waals surface area contributed by atoms with Crippen LogP contribution in [0.5, 0.6) is 5.75 Å². The Balaban J connectivity index is 1.60. The topological polar surface area (TPSA) is 110 Å². The van der Waals surface area contributed by atoms with Crippen LogP contribution in [0, 0.1) is 0 Å². The number of carboxylic acid groups (broad SMARTS) is 1. The number of hydrogen-bond donors (Lipinski definition) is 2. The third-order valence-corrected chi connectivity index (χ3v) is 7.22. The van der Waals surface area contributed by atoms with Crippen molar-refractivity contribution in [3.05, 3.63) is 107 Å². The summed E-state index contributed by atoms with van der Waals surface area (Å²) < 4.78 is 41.9. The van der Waals surface area contributed by atoms with Crippen molar-refractivity contribution in [2.45, 2.75) is 50.8 Å². The van der Waals surface area contributed by atoms with Crippen LogP contribution in [-0.2, 0) is 4.79 Å². The van der Waals surface area contributed by atoms with Gasteiger partial charge in [0.1, 0.15) is 5.75 Å². The molecule has 3 aromatic carbocycles. The Kier molecular flexibility index (Phi) is 10.1. The number of hydrogen-bond acceptors (Lipinski definition) is 5. The lowest BCUT2D eigenvalue weighted by atomic mass is 9.84. The van der Waals surface area contributed by atoms with Gasteiger partial charge in [0.25, 0.3) is 5.91 Å². The van der Waals surface area contributed by atoms with E-state index in [2.05, 4.69) is 10.1 Å². The summed E-state index contributed by atoms with van der Waals surface area (Å²) in [5, 5.41) is 11.2. The van der Waals surface area contributed by atoms with E-state index in [1.165, 1.54) is 55.7 Å². The van der Waals surface area contributed by atoms with Crippen molar-refractivity contribution < 1.29 is 42.2 Å². The normalized spacial score (nSPS) is 14.2. The fourth-order valence-electron chi connectivity index (χ4n) is 5.00. The van der Waals surface area contributed by atoms with Gasteiger partial charge in [-0.2, -0.15) is 0 Å². The second-order valence-electron chi connectivity index (χ2n) is 10.3. The fourth-order valence-corrected chi connectivity index (χ4v) is 5.00. The molecule has 224 valence electrons. The smallest absolute Gasteiger partial charge is 0.481 e. The van der Waals surface area contributed by atoms with Crippen LogP contribution in [-0.4, -0.2) is 41.5 Å². The summed E-state index contributed by atoms with van der Waals surface area (Å²) in [5.74, 6) is -2.66. The van der Waals surface area contributed by atoms with E-state index in [-0.39, 0.29) is 35.2 Å². The number of ketones is 2. The van der Waals surface area contributed by atoms with E-state index < -0.39 is 35.6 Å². The van der Waals surface area contributed by atoms with Crippen molar-refractivity contribution >= 4 is 29.0 Å². The summed E-state index contributed by atoms with van der Waals surface area (Å²) in [6.07, 6.45) is 1.78. The van der Waals surface area contributed by atoms with Crippen LogP contribution in [0.2, 0.25) is 0 Å². The summed E-state index contributed by atoms with van der Waals surface area (Å²) in [7, 11) is 0. The van der Waals surface area contributed by atoms with Gasteiger partial charge in [0.2, 0.25) is 0 Å². The van der Waals surface area contributed by atoms with Crippen LogP contribution in [0.25, 0.3) is 5.57 Å². The Hall–Kier alpha value is -4.73. The molecule has 0 spiro atoms. The average Bonchev–Trinajstić information content (AvgIpc) is 2.99. The van der Waals surface area contributed by atoms with Crippen molar-refractivity contribution in [1.82, 2.24) is 5.32 Å². The largest absolute Gasteiger partial charge is 0.573 e. The summed E-state index contributed by atoms with van der Waals surface area (Å²) in [5.41, 5.74) is 1.97. The standard InChI is InChI=1S/C33H30F3NO6/c34-33(35,36)43-27-16-14-23(15-17-27)28(20-29(38)24-8-6-22(7-9-24)21-4-2-1-3-5-21)31(41)25-10-12-26(13-11-25)32(42)37-19-18-30(39)40/h6-17,20-21H,1-5,18-19H2,(H,37,42)(H,39,40)/b28-20+. The molecule has 4 rings (SSSR count). The first-order valence-electron chi connectivity index (χ1n) is 13.9. The number of Topliss-reactive ketones (excluding diaryl/α,β-unsaturated/α-hetero) is 1. The van der Waals surface area contributed by atoms with Crippen molar-refractivity contribution in [3.63, 3.8) is 0 Å². The van der Waals surface area contributed by atoms with Crippen molar-refractivity contribution in [2.24, 2.45) is 0 Å². The van der Waals surface area contributed by atoms with Gasteiger partial charge in [-0.05, 0) is 60.2 Å². The van der Waals surface area contributed by atoms with E-state index in [0.717, 1.165) is 36.6 Å². The summed E-state index contributed by atoms with van der Waals surface area (Å²) in [6, 6.07) is 17.4. The Bertz CT molecular complexity index is 1490. The fraction of sp³-hybridized carbons (Fsp3) is 0.273. The molecule has 0 atom stereocenters. The van der Waals surface area contributed by atoms with Crippen LogP contribution in [0.1, 0.15) is 86.6 Å². The maximum absolute atomic E-state index is 13.6. The van der Waals surface area contributed by atoms with Gasteiger partial charge in [0.15, 0.2) is 11.6 Å². The first-order valence-corrected chi connectivity index (χ1v) is 13.9. The van der Waals surface area contributed by atoms with E-state index in [4.69, 9.17) is 5.11 Å². The Morgan fingerprint density at radius 2 is 1.35 bits per heavy atom. The third kappa shape index (κ3) is 8.88. The second kappa shape index (κ2) is 14.0. The SMILES string of the molecule is O=C(O)CCNC(=O)c1ccc(C(=O)/C(=C/C(=O)c2ccc(C3CCCCC3)cc2)c2ccc(OC(F)(F)F)cc2)cc1. The van der Waals surface area contributed by atoms with Crippen molar-refractivity contribution in [2.75, 3.05) is 6.54 Å². The molecule has 0 aliphatic heterocycles. The van der Waals surface area contributed by atoms with Gasteiger partial charge >= 0.3 is 12.3 Å². The molecule has 0 saturated heterocycles. The molecule has 43 heavy (non-hydrogen) atoms. The second-order valence-corrected chi connectivity index (χ2v) is 10.3. The summed E-state index contributed by atoms with van der Waals surface area (Å²) in [6.45, 7) is -0.0699. The highest BCUT2D eigenvalue weighted by molar-refractivity contribution is 6.32. The number of ether oxygens (including phenoxy) is 1. The van der Waals surface area contributed by atoms with E-state index in [0.29, 0.717) is 11.5 Å². The summed E-state index contributed by atoms with van der Waals surface area (Å²) in [4.78, 5) is 49.9. The number of allylic oxidation sites excluding steroid dienone is 2. The highest BCUT2D eigenvalue weighted by atomic mass is 19.4. The zero-order chi connectivity index (χ0) is 31.0. The first-order chi connectivity index (χ1) is 20.5. The Labute approximate surface area is 246 Å². The van der Waals surface area contributed by atoms with Crippen molar-refractivity contribution in [3.8, 4) is 5.75 Å². The third-order valence-electron chi connectivity index (χ3n) is 7.22. The van der Waals surface area contributed by atoms with Gasteiger partial charge in [-0.1, -0.05) is 67.8 Å². The molecule has 0 aromatic heterocycles. The van der Waals surface area contributed by atoms with Crippen LogP contribution >= 0.6 is 0 Å². The molecule has 1 fully saturated rings. The molecule has 0 heterocycles. The number of carbonyl (C=O) groups excluding carboxylic acids is 3. The van der Waals surface area contributed by atoms with Gasteiger partial charge in [0, 0.05) is 28.8 Å². The lowest BCUT2D eigenvalue weighted by Crippen LogP contribution is -2.26. The monoisotopic (exact) mass is 593 g/mol. The molecule has 1 saturated carbocycles. The molecular weight excluding hydrogens is 563 g/mol. The number of amides is 1. The minimum absolute atomic E-state index is 0.0569. The molecule has 0 unspecified atom stereocenters. The maximum Gasteiger partial charge on any atom is 0.573 e. The first kappa shape index (κ1) is 31.2. The number of alkyl halides is 3. The number of carbonyl (C=O) groups is 4. The van der Waals surface area contributed by atoms with Gasteiger partial charge in [-0.15, -0.1) is 13.2 Å². The molecular formula is C33H30F3NO6. The number of nitrogens with one attached hydrogen (secondary N) is 1. The van der Waals surface area contributed by atoms with Crippen molar-refractivity contribution in [1.29, 1.82) is 0 Å². The maximum atomic E-state index is 13.6. The molecule has 1 aliphatic carbocycles. The predicted octanol–water partition coefficient (Wildman–Crippen LogP) is 6.99. The number of carboxylic acids is 1. The van der Waals surface area contributed by atoms with Gasteiger partial charge in [-0.25, -0.2) is 0 Å². The van der Waals surface area contributed by atoms with Crippen LogP contribution in [0.3, 0.4) is 0 Å². The quantitative estimate of drug-likeness (QED) is 0.183. The number of rotatable bonds is 11. The average molecular weight is 594 g/mol. The van der Waals surface area contributed by atoms with Gasteiger partial charge < -0.3 is 15.2 Å². The lowest BCUT2D eigenvalue weighted by Gasteiger charge is -2.21. The van der Waals surface area contributed by atoms with E-state index in [1.54, 1.807) is 12.1 Å². The zero-order valence-electron chi connectivity index (χ0n) is 23.2. The molecule has 1 amide bonds. The van der Waals surface area contributed by atoms with Gasteiger partial charge in [0.05, 0.1) is 6.42 Å². The van der Waals surface area contributed by atoms with Crippen LogP contribution < -0.4 is 10.1 Å². The van der Waals surface area contributed by atoms with E-state index in [1.807, 2.05) is 12.1 Å². The zero-order valence-corrected chi connectivity index (χ0v) is 23.2. The lowest BCUT2D eigenvalue weighted by molar-refractivity contribution is -0.274. The molecule has 0 radical (unpaired) electrons. The highest BCUT2D eigenvalue weighted by Gasteiger charge is 2.31. The number of halogens is 3. The molecule has 0 bridgehead atoms. The Morgan fingerprint density at radius 1 is 0.791 bits per heavy atom. The minimum Gasteiger partial charge on any atom is -0.481 e. The highest BCUT2D eigenvalue weighted by Crippen LogP contribution is 2.33. The van der Waals surface area contributed by atoms with Crippen LogP contribution in [0.15, 0.2) is 78.9 Å². The molecule has 2 N–H and O–H groups in total. The summed E-state index contributed by atoms with van der Waals surface area (Å²) >= 11 is 0. The molecule has 3 aromatic rings. The number of aliphatic carboxylic acids is 1. The van der Waals surface area contributed by atoms with Crippen LogP contribution in [0.4, 0.5) is 13.2 Å². The minimum atomic E-state index is -4.89. The molecule has 7 nitrogen and oxygen atoms in total.